The second kappa shape index (κ2) is 14.7. The van der Waals surface area contributed by atoms with Crippen LogP contribution in [0.15, 0.2) is 231 Å². The van der Waals surface area contributed by atoms with Crippen molar-refractivity contribution in [2.45, 2.75) is 11.8 Å². The summed E-state index contributed by atoms with van der Waals surface area (Å²) in [6, 6.07) is 85.4. The average molecular weight is 832 g/mol. The standard InChI is InChI=1S/C62H41NS/c1-4-18-42(19-5-1)43(36-41-32-34-59-53(37-41)54-40-47(33-35-60(54)64-59)63(45-20-6-2-7-21-45)46-22-8-3-9-23-46)38-44-39-58-61(51-27-11-10-24-48(44)51)52-28-14-17-31-57(52)62(58)55-29-15-12-25-49(55)50-26-13-16-30-56(50)62/h1-35,37-40H,36H2/b43-38-. The van der Waals surface area contributed by atoms with Crippen LogP contribution in [0.4, 0.5) is 17.1 Å². The summed E-state index contributed by atoms with van der Waals surface area (Å²) >= 11 is 1.87. The molecule has 0 amide bonds. The van der Waals surface area contributed by atoms with E-state index < -0.39 is 5.41 Å². The molecule has 2 heteroatoms. The minimum atomic E-state index is -0.418. The Kier molecular flexibility index (Phi) is 8.44. The fraction of sp³-hybridized carbons (Fsp3) is 0.0323. The van der Waals surface area contributed by atoms with Gasteiger partial charge in [0.25, 0.3) is 0 Å². The summed E-state index contributed by atoms with van der Waals surface area (Å²) in [4.78, 5) is 2.36. The van der Waals surface area contributed by atoms with Gasteiger partial charge in [0, 0.05) is 37.2 Å². The van der Waals surface area contributed by atoms with Crippen LogP contribution in [0, 0.1) is 0 Å². The second-order valence-electron chi connectivity index (χ2n) is 17.2. The van der Waals surface area contributed by atoms with E-state index in [1.807, 2.05) is 11.3 Å². The Morgan fingerprint density at radius 1 is 0.406 bits per heavy atom. The number of para-hydroxylation sites is 2. The molecule has 1 spiro atoms. The Hall–Kier alpha value is -7.78. The summed E-state index contributed by atoms with van der Waals surface area (Å²) in [6.45, 7) is 0. The minimum Gasteiger partial charge on any atom is -0.310 e. The van der Waals surface area contributed by atoms with Gasteiger partial charge in [-0.2, -0.15) is 0 Å². The molecule has 0 radical (unpaired) electrons. The van der Waals surface area contributed by atoms with Crippen molar-refractivity contribution in [1.82, 2.24) is 0 Å². The van der Waals surface area contributed by atoms with E-state index in [9.17, 15) is 0 Å². The largest absolute Gasteiger partial charge is 0.310 e. The molecule has 0 atom stereocenters. The number of hydrogen-bond acceptors (Lipinski definition) is 2. The first-order valence-corrected chi connectivity index (χ1v) is 23.0. The lowest BCUT2D eigenvalue weighted by Gasteiger charge is -2.31. The third-order valence-electron chi connectivity index (χ3n) is 13.7. The van der Waals surface area contributed by atoms with Gasteiger partial charge in [-0.15, -0.1) is 11.3 Å². The number of allylic oxidation sites excluding steroid dienone is 1. The molecule has 0 unspecified atom stereocenters. The number of nitrogens with zero attached hydrogens (tertiary/aromatic N) is 1. The highest BCUT2D eigenvalue weighted by molar-refractivity contribution is 7.25. The number of benzene rings is 10. The number of hydrogen-bond donors (Lipinski definition) is 0. The fourth-order valence-corrected chi connectivity index (χ4v) is 12.1. The highest BCUT2D eigenvalue weighted by Crippen LogP contribution is 2.64. The summed E-state index contributed by atoms with van der Waals surface area (Å²) in [5.74, 6) is 0. The molecule has 0 fully saturated rings. The molecule has 1 nitrogen and oxygen atoms in total. The quantitative estimate of drug-likeness (QED) is 0.145. The van der Waals surface area contributed by atoms with Crippen molar-refractivity contribution in [1.29, 1.82) is 0 Å². The number of rotatable bonds is 7. The van der Waals surface area contributed by atoms with Gasteiger partial charge in [-0.1, -0.05) is 176 Å². The SMILES string of the molecule is C(=C(\Cc1ccc2sc3ccc(N(c4ccccc4)c4ccccc4)cc3c2c1)c1ccccc1)/c1cc2c(c3ccccc13)-c1ccccc1C21c2ccccc2-c2ccccc21. The van der Waals surface area contributed by atoms with Crippen molar-refractivity contribution in [3.05, 3.63) is 269 Å². The molecule has 300 valence electrons. The molecule has 0 bridgehead atoms. The molecule has 2 aliphatic carbocycles. The molecule has 1 aromatic heterocycles. The van der Waals surface area contributed by atoms with Crippen molar-refractivity contribution in [2.24, 2.45) is 0 Å². The third kappa shape index (κ3) is 5.56. The van der Waals surface area contributed by atoms with Crippen molar-refractivity contribution >= 4 is 71.0 Å². The van der Waals surface area contributed by atoms with Crippen LogP contribution in [0.25, 0.3) is 64.8 Å². The van der Waals surface area contributed by atoms with Crippen LogP contribution >= 0.6 is 11.3 Å². The van der Waals surface area contributed by atoms with Gasteiger partial charge in [-0.05, 0) is 145 Å². The van der Waals surface area contributed by atoms with E-state index in [0.29, 0.717) is 0 Å². The highest BCUT2D eigenvalue weighted by Gasteiger charge is 2.52. The van der Waals surface area contributed by atoms with E-state index in [1.165, 1.54) is 97.7 Å². The van der Waals surface area contributed by atoms with Gasteiger partial charge in [0.2, 0.25) is 0 Å². The Bertz CT molecular complexity index is 3550. The predicted molar refractivity (Wildman–Crippen MR) is 272 cm³/mol. The zero-order valence-corrected chi connectivity index (χ0v) is 35.9. The van der Waals surface area contributed by atoms with Crippen LogP contribution in [-0.2, 0) is 11.8 Å². The molecule has 0 saturated carbocycles. The smallest absolute Gasteiger partial charge is 0.0725 e. The Labute approximate surface area is 377 Å². The molecule has 1 heterocycles. The van der Waals surface area contributed by atoms with Gasteiger partial charge >= 0.3 is 0 Å². The zero-order valence-electron chi connectivity index (χ0n) is 35.1. The maximum absolute atomic E-state index is 2.54. The van der Waals surface area contributed by atoms with Crippen molar-refractivity contribution in [2.75, 3.05) is 4.90 Å². The lowest BCUT2D eigenvalue weighted by Crippen LogP contribution is -2.25. The van der Waals surface area contributed by atoms with Gasteiger partial charge in [0.05, 0.1) is 5.41 Å². The van der Waals surface area contributed by atoms with E-state index in [2.05, 4.69) is 241 Å². The lowest BCUT2D eigenvalue weighted by atomic mass is 9.70. The second-order valence-corrected chi connectivity index (χ2v) is 18.2. The summed E-state index contributed by atoms with van der Waals surface area (Å²) in [5.41, 5.74) is 18.9. The highest BCUT2D eigenvalue weighted by atomic mass is 32.1. The molecule has 10 aromatic carbocycles. The van der Waals surface area contributed by atoms with Crippen LogP contribution in [0.3, 0.4) is 0 Å². The van der Waals surface area contributed by atoms with E-state index >= 15 is 0 Å². The molecular formula is C62H41NS. The summed E-state index contributed by atoms with van der Waals surface area (Å²) in [5, 5.41) is 5.16. The molecule has 0 saturated heterocycles. The third-order valence-corrected chi connectivity index (χ3v) is 14.9. The van der Waals surface area contributed by atoms with Crippen LogP contribution in [-0.4, -0.2) is 0 Å². The van der Waals surface area contributed by atoms with Crippen LogP contribution in [0.5, 0.6) is 0 Å². The zero-order chi connectivity index (χ0) is 42.2. The normalized spacial score (nSPS) is 13.3. The summed E-state index contributed by atoms with van der Waals surface area (Å²) in [7, 11) is 0. The van der Waals surface area contributed by atoms with E-state index in [1.54, 1.807) is 0 Å². The maximum Gasteiger partial charge on any atom is 0.0725 e. The fourth-order valence-electron chi connectivity index (χ4n) is 11.1. The topological polar surface area (TPSA) is 3.24 Å². The Balaban J connectivity index is 0.989. The molecule has 13 rings (SSSR count). The number of fused-ring (bicyclic) bond motifs is 15. The molecule has 11 aromatic rings. The molecule has 2 aliphatic rings. The molecular weight excluding hydrogens is 791 g/mol. The Morgan fingerprint density at radius 3 is 1.58 bits per heavy atom. The van der Waals surface area contributed by atoms with Crippen molar-refractivity contribution < 1.29 is 0 Å². The maximum atomic E-state index is 2.54. The monoisotopic (exact) mass is 831 g/mol. The van der Waals surface area contributed by atoms with Crippen LogP contribution < -0.4 is 4.90 Å². The van der Waals surface area contributed by atoms with Gasteiger partial charge in [0.1, 0.15) is 0 Å². The van der Waals surface area contributed by atoms with E-state index in [4.69, 9.17) is 0 Å². The summed E-state index contributed by atoms with van der Waals surface area (Å²) < 4.78 is 2.60. The van der Waals surface area contributed by atoms with Crippen LogP contribution in [0.2, 0.25) is 0 Å². The molecule has 0 aliphatic heterocycles. The van der Waals surface area contributed by atoms with Gasteiger partial charge in [0.15, 0.2) is 0 Å². The van der Waals surface area contributed by atoms with E-state index in [0.717, 1.165) is 23.5 Å². The number of thiophene rings is 1. The van der Waals surface area contributed by atoms with Gasteiger partial charge < -0.3 is 4.90 Å². The van der Waals surface area contributed by atoms with Crippen LogP contribution in [0.1, 0.15) is 38.9 Å². The first-order valence-electron chi connectivity index (χ1n) is 22.2. The average Bonchev–Trinajstić information content (AvgIpc) is 3.98. The number of anilines is 3. The van der Waals surface area contributed by atoms with Gasteiger partial charge in [-0.25, -0.2) is 0 Å². The molecule has 64 heavy (non-hydrogen) atoms. The molecule has 0 N–H and O–H groups in total. The summed E-state index contributed by atoms with van der Waals surface area (Å²) in [6.07, 6.45) is 3.28. The van der Waals surface area contributed by atoms with Crippen molar-refractivity contribution in [3.8, 4) is 22.3 Å². The predicted octanol–water partition coefficient (Wildman–Crippen LogP) is 16.8. The first-order chi connectivity index (χ1) is 31.7. The first kappa shape index (κ1) is 36.8. The van der Waals surface area contributed by atoms with Crippen molar-refractivity contribution in [3.63, 3.8) is 0 Å². The lowest BCUT2D eigenvalue weighted by molar-refractivity contribution is 0.794. The Morgan fingerprint density at radius 2 is 0.922 bits per heavy atom. The minimum absolute atomic E-state index is 0.418. The van der Waals surface area contributed by atoms with Gasteiger partial charge in [-0.3, -0.25) is 0 Å². The van der Waals surface area contributed by atoms with E-state index in [-0.39, 0.29) is 0 Å².